The zero-order valence-electron chi connectivity index (χ0n) is 12.3. The van der Waals surface area contributed by atoms with E-state index in [4.69, 9.17) is 0 Å². The minimum Gasteiger partial charge on any atom is -0.306 e. The number of aromatic nitrogens is 1. The first kappa shape index (κ1) is 14.1. The van der Waals surface area contributed by atoms with Gasteiger partial charge in [-0.15, -0.1) is 0 Å². The number of nitrogens with zero attached hydrogens (tertiary/aromatic N) is 2. The fourth-order valence-electron chi connectivity index (χ4n) is 2.55. The molecule has 2 nitrogen and oxygen atoms in total. The molecule has 102 valence electrons. The maximum absolute atomic E-state index is 4.41. The van der Waals surface area contributed by atoms with Crippen LogP contribution in [0.1, 0.15) is 50.3 Å². The summed E-state index contributed by atoms with van der Waals surface area (Å²) in [6.45, 7) is 6.79. The van der Waals surface area contributed by atoms with Crippen LogP contribution in [0.2, 0.25) is 0 Å². The first-order valence-electron chi connectivity index (χ1n) is 7.28. The monoisotopic (exact) mass is 256 g/mol. The molecule has 0 aliphatic carbocycles. The van der Waals surface area contributed by atoms with Gasteiger partial charge in [-0.2, -0.15) is 0 Å². The first-order valence-corrected chi connectivity index (χ1v) is 7.28. The molecule has 19 heavy (non-hydrogen) atoms. The highest BCUT2D eigenvalue weighted by atomic mass is 15.1. The van der Waals surface area contributed by atoms with Crippen LogP contribution in [-0.2, 0) is 0 Å². The quantitative estimate of drug-likeness (QED) is 0.755. The van der Waals surface area contributed by atoms with E-state index in [0.717, 1.165) is 18.0 Å². The molecule has 0 saturated carbocycles. The molecule has 0 bridgehead atoms. The molecule has 1 unspecified atom stereocenters. The molecule has 0 radical (unpaired) electrons. The lowest BCUT2D eigenvalue weighted by atomic mass is 9.95. The van der Waals surface area contributed by atoms with Crippen molar-refractivity contribution in [1.82, 2.24) is 9.88 Å². The Bertz CT molecular complexity index is 450. The third kappa shape index (κ3) is 4.36. The number of rotatable bonds is 2. The molecular weight excluding hydrogens is 232 g/mol. The molecule has 2 heterocycles. The van der Waals surface area contributed by atoms with Gasteiger partial charge in [-0.3, -0.25) is 0 Å². The van der Waals surface area contributed by atoms with E-state index < -0.39 is 0 Å². The Labute approximate surface area is 117 Å². The summed E-state index contributed by atoms with van der Waals surface area (Å²) in [7, 11) is 2.20. The largest absolute Gasteiger partial charge is 0.306 e. The highest BCUT2D eigenvalue weighted by molar-refractivity contribution is 5.29. The zero-order valence-corrected chi connectivity index (χ0v) is 12.3. The van der Waals surface area contributed by atoms with Gasteiger partial charge in [0.05, 0.1) is 0 Å². The van der Waals surface area contributed by atoms with Crippen LogP contribution in [0.3, 0.4) is 0 Å². The van der Waals surface area contributed by atoms with Gasteiger partial charge in [0.25, 0.3) is 0 Å². The number of hydrogen-bond acceptors (Lipinski definition) is 2. The summed E-state index contributed by atoms with van der Waals surface area (Å²) >= 11 is 0. The van der Waals surface area contributed by atoms with E-state index in [1.807, 2.05) is 12.3 Å². The van der Waals surface area contributed by atoms with Gasteiger partial charge in [0.2, 0.25) is 0 Å². The summed E-state index contributed by atoms with van der Waals surface area (Å²) in [5.74, 6) is 7.77. The average molecular weight is 256 g/mol. The van der Waals surface area contributed by atoms with Gasteiger partial charge in [-0.1, -0.05) is 25.8 Å². The summed E-state index contributed by atoms with van der Waals surface area (Å²) in [6, 6.07) is 4.17. The molecule has 0 amide bonds. The molecule has 1 atom stereocenters. The van der Waals surface area contributed by atoms with Crippen molar-refractivity contribution in [2.24, 2.45) is 5.92 Å². The normalized spacial score (nSPS) is 20.1. The summed E-state index contributed by atoms with van der Waals surface area (Å²) < 4.78 is 0. The summed E-state index contributed by atoms with van der Waals surface area (Å²) in [5.41, 5.74) is 2.17. The van der Waals surface area contributed by atoms with Crippen molar-refractivity contribution < 1.29 is 0 Å². The Morgan fingerprint density at radius 3 is 2.89 bits per heavy atom. The van der Waals surface area contributed by atoms with Crippen molar-refractivity contribution >= 4 is 0 Å². The summed E-state index contributed by atoms with van der Waals surface area (Å²) in [4.78, 5) is 6.82. The predicted molar refractivity (Wildman–Crippen MR) is 80.0 cm³/mol. The van der Waals surface area contributed by atoms with Crippen molar-refractivity contribution in [3.63, 3.8) is 0 Å². The van der Waals surface area contributed by atoms with Crippen LogP contribution in [-0.4, -0.2) is 30.0 Å². The average Bonchev–Trinajstić information content (AvgIpc) is 2.39. The lowest BCUT2D eigenvalue weighted by Crippen LogP contribution is -2.31. The van der Waals surface area contributed by atoms with Crippen molar-refractivity contribution in [2.75, 3.05) is 20.1 Å². The van der Waals surface area contributed by atoms with Crippen LogP contribution in [0.15, 0.2) is 18.3 Å². The lowest BCUT2D eigenvalue weighted by Gasteiger charge is -2.28. The number of piperidine rings is 1. The predicted octanol–water partition coefficient (Wildman–Crippen LogP) is 3.29. The molecule has 1 fully saturated rings. The van der Waals surface area contributed by atoms with Gasteiger partial charge in [0.1, 0.15) is 5.69 Å². The third-order valence-corrected chi connectivity index (χ3v) is 3.78. The van der Waals surface area contributed by atoms with Gasteiger partial charge in [0.15, 0.2) is 0 Å². The third-order valence-electron chi connectivity index (χ3n) is 3.78. The van der Waals surface area contributed by atoms with Crippen LogP contribution in [0.4, 0.5) is 0 Å². The highest BCUT2D eigenvalue weighted by Crippen LogP contribution is 2.17. The molecule has 1 aromatic rings. The Hall–Kier alpha value is -1.33. The van der Waals surface area contributed by atoms with E-state index in [9.17, 15) is 0 Å². The topological polar surface area (TPSA) is 16.1 Å². The molecule has 2 heteroatoms. The van der Waals surface area contributed by atoms with Crippen LogP contribution in [0.25, 0.3) is 0 Å². The fraction of sp³-hybridized carbons (Fsp3) is 0.588. The van der Waals surface area contributed by atoms with Gasteiger partial charge in [-0.25, -0.2) is 4.98 Å². The van der Waals surface area contributed by atoms with Gasteiger partial charge in [-0.05, 0) is 55.8 Å². The molecule has 1 aromatic heterocycles. The van der Waals surface area contributed by atoms with Gasteiger partial charge >= 0.3 is 0 Å². The standard InChI is InChI=1S/C17H24N2/c1-14(2)16-9-10-17(18-12-16)8-4-6-15-7-5-11-19(3)13-15/h9-10,12,14-15H,5-7,11,13H2,1-3H3. The van der Waals surface area contributed by atoms with E-state index in [1.54, 1.807) is 0 Å². The Morgan fingerprint density at radius 1 is 1.42 bits per heavy atom. The number of hydrogen-bond donors (Lipinski definition) is 0. The van der Waals surface area contributed by atoms with Crippen LogP contribution >= 0.6 is 0 Å². The van der Waals surface area contributed by atoms with E-state index >= 15 is 0 Å². The zero-order chi connectivity index (χ0) is 13.7. The summed E-state index contributed by atoms with van der Waals surface area (Å²) in [6.07, 6.45) is 5.57. The molecular formula is C17H24N2. The maximum Gasteiger partial charge on any atom is 0.113 e. The van der Waals surface area contributed by atoms with Crippen molar-refractivity contribution in [2.45, 2.75) is 39.0 Å². The van der Waals surface area contributed by atoms with Crippen LogP contribution < -0.4 is 0 Å². The molecule has 2 rings (SSSR count). The molecule has 1 saturated heterocycles. The van der Waals surface area contributed by atoms with Gasteiger partial charge in [0, 0.05) is 19.2 Å². The Kier molecular flexibility index (Phi) is 4.99. The molecule has 0 spiro atoms. The molecule has 1 aliphatic rings. The van der Waals surface area contributed by atoms with E-state index in [-0.39, 0.29) is 0 Å². The lowest BCUT2D eigenvalue weighted by molar-refractivity contribution is 0.213. The highest BCUT2D eigenvalue weighted by Gasteiger charge is 2.15. The second-order valence-corrected chi connectivity index (χ2v) is 5.91. The van der Waals surface area contributed by atoms with Crippen molar-refractivity contribution in [1.29, 1.82) is 0 Å². The second kappa shape index (κ2) is 6.73. The Balaban J connectivity index is 1.89. The molecule has 0 N–H and O–H groups in total. The van der Waals surface area contributed by atoms with Gasteiger partial charge < -0.3 is 4.90 Å². The second-order valence-electron chi connectivity index (χ2n) is 5.91. The fourth-order valence-corrected chi connectivity index (χ4v) is 2.55. The smallest absolute Gasteiger partial charge is 0.113 e. The minimum absolute atomic E-state index is 0.535. The van der Waals surface area contributed by atoms with Crippen LogP contribution in [0.5, 0.6) is 0 Å². The first-order chi connectivity index (χ1) is 9.15. The number of likely N-dealkylation sites (tertiary alicyclic amines) is 1. The van der Waals surface area contributed by atoms with Crippen molar-refractivity contribution in [3.05, 3.63) is 29.6 Å². The summed E-state index contributed by atoms with van der Waals surface area (Å²) in [5, 5.41) is 0. The van der Waals surface area contributed by atoms with Crippen molar-refractivity contribution in [3.8, 4) is 11.8 Å². The number of pyridine rings is 1. The molecule has 1 aliphatic heterocycles. The van der Waals surface area contributed by atoms with Crippen LogP contribution in [0, 0.1) is 17.8 Å². The SMILES string of the molecule is CC(C)c1ccc(C#CCC2CCCN(C)C2)nc1. The maximum atomic E-state index is 4.41. The Morgan fingerprint density at radius 2 is 2.26 bits per heavy atom. The van der Waals surface area contributed by atoms with E-state index in [2.05, 4.69) is 48.7 Å². The molecule has 0 aromatic carbocycles. The van der Waals surface area contributed by atoms with E-state index in [1.165, 1.54) is 31.5 Å². The minimum atomic E-state index is 0.535. The van der Waals surface area contributed by atoms with E-state index in [0.29, 0.717) is 5.92 Å².